The maximum Gasteiger partial charge on any atom is 0.326 e. The van der Waals surface area contributed by atoms with Crippen molar-refractivity contribution in [2.45, 2.75) is 70.9 Å². The molecular weight excluding hydrogens is 298 g/mol. The molecule has 1 aliphatic carbocycles. The number of rotatable bonds is 8. The number of carbonyl (C=O) groups excluding carboxylic acids is 2. The van der Waals surface area contributed by atoms with Crippen LogP contribution in [0.2, 0.25) is 0 Å². The van der Waals surface area contributed by atoms with E-state index in [1.165, 1.54) is 6.42 Å². The Morgan fingerprint density at radius 2 is 1.78 bits per heavy atom. The second kappa shape index (κ2) is 10.1. The quantitative estimate of drug-likeness (QED) is 0.508. The number of hydrogen-bond acceptors (Lipinski definition) is 3. The largest absolute Gasteiger partial charge is 0.480 e. The number of carboxylic acids is 1. The second-order valence-electron chi connectivity index (χ2n) is 6.47. The van der Waals surface area contributed by atoms with Crippen molar-refractivity contribution in [1.29, 1.82) is 0 Å². The lowest BCUT2D eigenvalue weighted by Gasteiger charge is -2.22. The number of nitrogens with one attached hydrogen (secondary N) is 3. The van der Waals surface area contributed by atoms with Gasteiger partial charge < -0.3 is 21.1 Å². The lowest BCUT2D eigenvalue weighted by atomic mass is 9.96. The highest BCUT2D eigenvalue weighted by molar-refractivity contribution is 5.83. The van der Waals surface area contributed by atoms with Crippen LogP contribution in [0, 0.1) is 5.92 Å². The Bertz CT molecular complexity index is 406. The molecule has 0 aromatic heterocycles. The fourth-order valence-electron chi connectivity index (χ4n) is 2.69. The third kappa shape index (κ3) is 7.85. The van der Waals surface area contributed by atoms with Gasteiger partial charge in [-0.2, -0.15) is 0 Å². The summed E-state index contributed by atoms with van der Waals surface area (Å²) in [5, 5.41) is 17.2. The van der Waals surface area contributed by atoms with E-state index in [0.717, 1.165) is 25.7 Å². The summed E-state index contributed by atoms with van der Waals surface area (Å²) in [6, 6.07) is -0.803. The molecule has 132 valence electrons. The van der Waals surface area contributed by atoms with Crippen molar-refractivity contribution in [1.82, 2.24) is 16.0 Å². The van der Waals surface area contributed by atoms with E-state index < -0.39 is 12.0 Å². The Labute approximate surface area is 137 Å². The fraction of sp³-hybridized carbons (Fsp3) is 0.812. The number of carboxylic acid groups (broad SMARTS) is 1. The van der Waals surface area contributed by atoms with Gasteiger partial charge in [0.05, 0.1) is 0 Å². The molecule has 7 heteroatoms. The first-order valence-electron chi connectivity index (χ1n) is 8.46. The monoisotopic (exact) mass is 327 g/mol. The van der Waals surface area contributed by atoms with Gasteiger partial charge in [0, 0.05) is 19.0 Å². The van der Waals surface area contributed by atoms with E-state index in [2.05, 4.69) is 16.0 Å². The van der Waals surface area contributed by atoms with Crippen molar-refractivity contribution in [3.05, 3.63) is 0 Å². The Hall–Kier alpha value is -1.79. The molecule has 0 saturated heterocycles. The molecule has 1 rings (SSSR count). The molecule has 1 aliphatic rings. The molecule has 0 aliphatic heterocycles. The summed E-state index contributed by atoms with van der Waals surface area (Å²) in [5.41, 5.74) is 0. The highest BCUT2D eigenvalue weighted by atomic mass is 16.4. The second-order valence-corrected chi connectivity index (χ2v) is 6.47. The Morgan fingerprint density at radius 3 is 2.35 bits per heavy atom. The van der Waals surface area contributed by atoms with Crippen LogP contribution in [-0.2, 0) is 9.59 Å². The van der Waals surface area contributed by atoms with Crippen LogP contribution in [0.1, 0.15) is 58.8 Å². The van der Waals surface area contributed by atoms with Gasteiger partial charge in [-0.05, 0) is 25.2 Å². The standard InChI is InChI=1S/C16H29N3O4/c1-11(2)14(15(21)22)19-13(20)9-6-10-17-16(23)18-12-7-4-3-5-8-12/h11-12,14H,3-10H2,1-2H3,(H,19,20)(H,21,22)(H2,17,18,23)/t14-/m1/s1. The predicted molar refractivity (Wildman–Crippen MR) is 87.0 cm³/mol. The van der Waals surface area contributed by atoms with Crippen molar-refractivity contribution in [2.24, 2.45) is 5.92 Å². The summed E-state index contributed by atoms with van der Waals surface area (Å²) in [6.07, 6.45) is 6.29. The average molecular weight is 327 g/mol. The van der Waals surface area contributed by atoms with E-state index in [1.807, 2.05) is 0 Å². The number of hydrogen-bond donors (Lipinski definition) is 4. The van der Waals surface area contributed by atoms with Crippen molar-refractivity contribution in [3.8, 4) is 0 Å². The smallest absolute Gasteiger partial charge is 0.326 e. The molecule has 1 fully saturated rings. The van der Waals surface area contributed by atoms with Crippen LogP contribution >= 0.6 is 0 Å². The van der Waals surface area contributed by atoms with Gasteiger partial charge >= 0.3 is 12.0 Å². The van der Waals surface area contributed by atoms with Crippen LogP contribution in [0.15, 0.2) is 0 Å². The molecule has 0 aromatic carbocycles. The third-order valence-corrected chi connectivity index (χ3v) is 4.06. The van der Waals surface area contributed by atoms with Gasteiger partial charge in [-0.15, -0.1) is 0 Å². The minimum atomic E-state index is -1.03. The van der Waals surface area contributed by atoms with Crippen LogP contribution in [0.5, 0.6) is 0 Å². The first-order chi connectivity index (χ1) is 10.9. The van der Waals surface area contributed by atoms with Gasteiger partial charge in [0.1, 0.15) is 6.04 Å². The summed E-state index contributed by atoms with van der Waals surface area (Å²) < 4.78 is 0. The van der Waals surface area contributed by atoms with Crippen molar-refractivity contribution < 1.29 is 19.5 Å². The summed E-state index contributed by atoms with van der Waals surface area (Å²) in [6.45, 7) is 3.89. The van der Waals surface area contributed by atoms with Gasteiger partial charge in [-0.3, -0.25) is 4.79 Å². The van der Waals surface area contributed by atoms with Gasteiger partial charge in [-0.1, -0.05) is 33.1 Å². The highest BCUT2D eigenvalue weighted by Gasteiger charge is 2.23. The third-order valence-electron chi connectivity index (χ3n) is 4.06. The first-order valence-corrected chi connectivity index (χ1v) is 8.46. The van der Waals surface area contributed by atoms with E-state index >= 15 is 0 Å². The summed E-state index contributed by atoms with van der Waals surface area (Å²) in [4.78, 5) is 34.4. The molecule has 0 bridgehead atoms. The van der Waals surface area contributed by atoms with Crippen LogP contribution < -0.4 is 16.0 Å². The summed E-state index contributed by atoms with van der Waals surface area (Å²) in [7, 11) is 0. The molecule has 0 spiro atoms. The van der Waals surface area contributed by atoms with Gasteiger partial charge in [0.2, 0.25) is 5.91 Å². The van der Waals surface area contributed by atoms with E-state index in [1.54, 1.807) is 13.8 Å². The molecule has 1 saturated carbocycles. The zero-order chi connectivity index (χ0) is 17.2. The molecule has 0 radical (unpaired) electrons. The van der Waals surface area contributed by atoms with Gasteiger partial charge in [0.15, 0.2) is 0 Å². The van der Waals surface area contributed by atoms with E-state index in [4.69, 9.17) is 5.11 Å². The predicted octanol–water partition coefficient (Wildman–Crippen LogP) is 1.62. The molecule has 7 nitrogen and oxygen atoms in total. The fourth-order valence-corrected chi connectivity index (χ4v) is 2.69. The Morgan fingerprint density at radius 1 is 1.13 bits per heavy atom. The lowest BCUT2D eigenvalue weighted by Crippen LogP contribution is -2.45. The molecule has 3 amide bonds. The van der Waals surface area contributed by atoms with E-state index in [-0.39, 0.29) is 30.3 Å². The zero-order valence-electron chi connectivity index (χ0n) is 14.1. The highest BCUT2D eigenvalue weighted by Crippen LogP contribution is 2.17. The number of aliphatic carboxylic acids is 1. The molecule has 0 heterocycles. The van der Waals surface area contributed by atoms with Crippen LogP contribution in [0.3, 0.4) is 0 Å². The molecule has 1 atom stereocenters. The minimum absolute atomic E-state index is 0.171. The lowest BCUT2D eigenvalue weighted by molar-refractivity contribution is -0.143. The first kappa shape index (κ1) is 19.3. The van der Waals surface area contributed by atoms with Gasteiger partial charge in [0.25, 0.3) is 0 Å². The Balaban J connectivity index is 2.14. The molecule has 23 heavy (non-hydrogen) atoms. The molecule has 4 N–H and O–H groups in total. The molecule has 0 aromatic rings. The zero-order valence-corrected chi connectivity index (χ0v) is 14.1. The normalized spacial score (nSPS) is 16.7. The Kier molecular flexibility index (Phi) is 8.43. The molecular formula is C16H29N3O4. The summed E-state index contributed by atoms with van der Waals surface area (Å²) in [5.74, 6) is -1.50. The SMILES string of the molecule is CC(C)[C@@H](NC(=O)CCCNC(=O)NC1CCCCC1)C(=O)O. The minimum Gasteiger partial charge on any atom is -0.480 e. The maximum absolute atomic E-state index is 11.7. The number of carbonyl (C=O) groups is 3. The maximum atomic E-state index is 11.7. The van der Waals surface area contributed by atoms with Crippen LogP contribution in [0.25, 0.3) is 0 Å². The van der Waals surface area contributed by atoms with E-state index in [0.29, 0.717) is 13.0 Å². The number of urea groups is 1. The summed E-state index contributed by atoms with van der Waals surface area (Å²) >= 11 is 0. The van der Waals surface area contributed by atoms with E-state index in [9.17, 15) is 14.4 Å². The topological polar surface area (TPSA) is 108 Å². The van der Waals surface area contributed by atoms with Gasteiger partial charge in [-0.25, -0.2) is 9.59 Å². The van der Waals surface area contributed by atoms with Crippen molar-refractivity contribution in [2.75, 3.05) is 6.54 Å². The van der Waals surface area contributed by atoms with Crippen LogP contribution in [-0.4, -0.2) is 41.6 Å². The average Bonchev–Trinajstić information content (AvgIpc) is 2.49. The van der Waals surface area contributed by atoms with Crippen LogP contribution in [0.4, 0.5) is 4.79 Å². The van der Waals surface area contributed by atoms with Crippen molar-refractivity contribution in [3.63, 3.8) is 0 Å². The van der Waals surface area contributed by atoms with Crippen molar-refractivity contribution >= 4 is 17.9 Å². The number of amides is 3. The molecule has 0 unspecified atom stereocenters.